The van der Waals surface area contributed by atoms with Crippen LogP contribution in [0.15, 0.2) is 18.2 Å². The van der Waals surface area contributed by atoms with Gasteiger partial charge in [0.25, 0.3) is 0 Å². The standard InChI is InChI=1S/C10H15N3Si/c1-8-5-6-10-9(7-8)11-12-13(10)14(2,3)4/h5-7H,1-4H3/q-1. The van der Waals surface area contributed by atoms with Crippen molar-refractivity contribution in [1.82, 2.24) is 14.7 Å². The predicted octanol–water partition coefficient (Wildman–Crippen LogP) is 2.42. The van der Waals surface area contributed by atoms with Crippen molar-refractivity contribution in [3.8, 4) is 0 Å². The molecule has 0 aliphatic rings. The zero-order valence-electron chi connectivity index (χ0n) is 9.07. The summed E-state index contributed by atoms with van der Waals surface area (Å²) in [6.07, 6.45) is 0. The Bertz CT molecular complexity index is 468. The van der Waals surface area contributed by atoms with Gasteiger partial charge in [-0.15, -0.1) is 10.3 Å². The molecule has 0 aliphatic carbocycles. The van der Waals surface area contributed by atoms with Gasteiger partial charge in [-0.05, 0) is 32.9 Å². The highest BCUT2D eigenvalue weighted by molar-refractivity contribution is 6.74. The van der Waals surface area contributed by atoms with E-state index >= 15 is 0 Å². The van der Waals surface area contributed by atoms with Crippen LogP contribution in [0.2, 0.25) is 19.6 Å². The lowest BCUT2D eigenvalue weighted by molar-refractivity contribution is 0.862. The number of hydrogen-bond donors (Lipinski definition) is 0. The van der Waals surface area contributed by atoms with Crippen LogP contribution in [0.1, 0.15) is 5.56 Å². The molecule has 0 saturated heterocycles. The molecule has 0 amide bonds. The molecule has 1 aromatic carbocycles. The van der Waals surface area contributed by atoms with E-state index in [1.807, 2.05) is 0 Å². The Kier molecular flexibility index (Phi) is 1.96. The van der Waals surface area contributed by atoms with E-state index in [2.05, 4.69) is 59.4 Å². The van der Waals surface area contributed by atoms with Gasteiger partial charge in [-0.2, -0.15) is 19.6 Å². The molecule has 0 unspecified atom stereocenters. The highest BCUT2D eigenvalue weighted by atomic mass is 28.3. The maximum atomic E-state index is 4.24. The lowest BCUT2D eigenvalue weighted by Gasteiger charge is -2.29. The lowest BCUT2D eigenvalue weighted by Crippen LogP contribution is -2.33. The Balaban J connectivity index is 2.70. The molecule has 75 valence electrons. The van der Waals surface area contributed by atoms with E-state index in [-0.39, 0.29) is 0 Å². The van der Waals surface area contributed by atoms with Gasteiger partial charge in [-0.25, -0.2) is 0 Å². The summed E-state index contributed by atoms with van der Waals surface area (Å²) in [6, 6.07) is 6.31. The minimum Gasteiger partial charge on any atom is -0.397 e. The maximum Gasteiger partial charge on any atom is 0.109 e. The molecule has 0 radical (unpaired) electrons. The minimum atomic E-state index is -1.42. The van der Waals surface area contributed by atoms with Gasteiger partial charge in [0.05, 0.1) is 0 Å². The van der Waals surface area contributed by atoms with Crippen LogP contribution < -0.4 is 0 Å². The maximum absolute atomic E-state index is 4.24. The second kappa shape index (κ2) is 2.92. The molecule has 1 aromatic heterocycles. The Hall–Kier alpha value is -1.16. The molecule has 2 rings (SSSR count). The highest BCUT2D eigenvalue weighted by Gasteiger charge is 2.09. The number of fused-ring (bicyclic) bond motifs is 1. The number of benzene rings is 1. The lowest BCUT2D eigenvalue weighted by atomic mass is 10.2. The van der Waals surface area contributed by atoms with Crippen molar-refractivity contribution < 1.29 is 0 Å². The second-order valence-electron chi connectivity index (χ2n) is 4.66. The molecule has 4 heteroatoms. The molecule has 1 heterocycles. The first-order valence-corrected chi connectivity index (χ1v) is 8.26. The Morgan fingerprint density at radius 1 is 1.21 bits per heavy atom. The molecular weight excluding hydrogens is 190 g/mol. The van der Waals surface area contributed by atoms with Crippen LogP contribution >= 0.6 is 0 Å². The summed E-state index contributed by atoms with van der Waals surface area (Å²) in [6.45, 7) is 8.87. The van der Waals surface area contributed by atoms with Crippen molar-refractivity contribution in [1.29, 1.82) is 0 Å². The summed E-state index contributed by atoms with van der Waals surface area (Å²) in [5, 5.41) is 8.43. The number of aryl methyl sites for hydroxylation is 1. The molecule has 3 nitrogen and oxygen atoms in total. The van der Waals surface area contributed by atoms with E-state index in [4.69, 9.17) is 0 Å². The van der Waals surface area contributed by atoms with Crippen LogP contribution in [0, 0.1) is 6.92 Å². The molecule has 0 N–H and O–H groups in total. The van der Waals surface area contributed by atoms with Crippen molar-refractivity contribution in [3.05, 3.63) is 23.8 Å². The molecule has 0 saturated carbocycles. The van der Waals surface area contributed by atoms with E-state index in [1.165, 1.54) is 5.56 Å². The van der Waals surface area contributed by atoms with Gasteiger partial charge in [0.2, 0.25) is 0 Å². The fourth-order valence-electron chi connectivity index (χ4n) is 1.53. The van der Waals surface area contributed by atoms with Crippen LogP contribution in [0.3, 0.4) is 0 Å². The monoisotopic (exact) mass is 205 g/mol. The second-order valence-corrected chi connectivity index (χ2v) is 9.43. The topological polar surface area (TPSA) is 30.7 Å². The van der Waals surface area contributed by atoms with Gasteiger partial charge in [-0.1, -0.05) is 6.07 Å². The summed E-state index contributed by atoms with van der Waals surface area (Å²) in [4.78, 5) is 0. The quantitative estimate of drug-likeness (QED) is 0.669. The van der Waals surface area contributed by atoms with Gasteiger partial charge in [0.15, 0.2) is 0 Å². The molecule has 0 aliphatic heterocycles. The molecule has 0 fully saturated rings. The largest absolute Gasteiger partial charge is 0.397 e. The van der Waals surface area contributed by atoms with Crippen molar-refractivity contribution in [2.75, 3.05) is 0 Å². The van der Waals surface area contributed by atoms with E-state index in [0.717, 1.165) is 11.0 Å². The molecule has 0 atom stereocenters. The zero-order valence-corrected chi connectivity index (χ0v) is 10.1. The predicted molar refractivity (Wildman–Crippen MR) is 61.0 cm³/mol. The van der Waals surface area contributed by atoms with E-state index < -0.39 is 8.24 Å². The zero-order chi connectivity index (χ0) is 10.3. The summed E-state index contributed by atoms with van der Waals surface area (Å²) >= 11 is 0. The summed E-state index contributed by atoms with van der Waals surface area (Å²) < 4.78 is 2.10. The average molecular weight is 205 g/mol. The van der Waals surface area contributed by atoms with Crippen molar-refractivity contribution >= 4 is 19.3 Å². The third-order valence-corrected chi connectivity index (χ3v) is 3.84. The third kappa shape index (κ3) is 1.46. The average Bonchev–Trinajstić information content (AvgIpc) is 2.45. The molecule has 14 heavy (non-hydrogen) atoms. The van der Waals surface area contributed by atoms with Gasteiger partial charge < -0.3 is 4.35 Å². The van der Waals surface area contributed by atoms with E-state index in [0.29, 0.717) is 0 Å². The molecule has 2 aromatic rings. The van der Waals surface area contributed by atoms with E-state index in [9.17, 15) is 0 Å². The Morgan fingerprint density at radius 2 is 1.93 bits per heavy atom. The van der Waals surface area contributed by atoms with Gasteiger partial charge in [-0.3, -0.25) is 0 Å². The summed E-state index contributed by atoms with van der Waals surface area (Å²) in [5.41, 5.74) is 3.40. The van der Waals surface area contributed by atoms with Gasteiger partial charge in [0.1, 0.15) is 5.52 Å². The Labute approximate surface area is 84.8 Å². The van der Waals surface area contributed by atoms with Crippen LogP contribution in [0.25, 0.3) is 11.0 Å². The number of aromatic nitrogens is 3. The minimum absolute atomic E-state index is 1.01. The normalized spacial score (nSPS) is 12.3. The third-order valence-electron chi connectivity index (χ3n) is 2.24. The van der Waals surface area contributed by atoms with Crippen molar-refractivity contribution in [2.24, 2.45) is 0 Å². The fraction of sp³-hybridized carbons (Fsp3) is 0.400. The van der Waals surface area contributed by atoms with E-state index in [1.54, 1.807) is 0 Å². The van der Waals surface area contributed by atoms with Gasteiger partial charge in [0, 0.05) is 5.52 Å². The fourth-order valence-corrected chi connectivity index (χ4v) is 2.75. The SMILES string of the molecule is Cc1ccc2c(c1)nnn2[Si-](C)(C)C. The Morgan fingerprint density at radius 3 is 2.57 bits per heavy atom. The van der Waals surface area contributed by atoms with Crippen LogP contribution in [0.4, 0.5) is 0 Å². The number of rotatable bonds is 1. The first-order chi connectivity index (χ1) is 6.48. The van der Waals surface area contributed by atoms with Crippen LogP contribution in [-0.4, -0.2) is 22.9 Å². The molecule has 0 bridgehead atoms. The first kappa shape index (κ1) is 9.39. The van der Waals surface area contributed by atoms with Gasteiger partial charge >= 0.3 is 0 Å². The van der Waals surface area contributed by atoms with Crippen LogP contribution in [0.5, 0.6) is 0 Å². The van der Waals surface area contributed by atoms with Crippen LogP contribution in [-0.2, 0) is 0 Å². The molecular formula is C10H15N3Si-. The van der Waals surface area contributed by atoms with Crippen molar-refractivity contribution in [2.45, 2.75) is 26.6 Å². The smallest absolute Gasteiger partial charge is 0.109 e. The summed E-state index contributed by atoms with van der Waals surface area (Å²) in [5.74, 6) is 0. The van der Waals surface area contributed by atoms with Crippen molar-refractivity contribution in [3.63, 3.8) is 0 Å². The summed E-state index contributed by atoms with van der Waals surface area (Å²) in [7, 11) is -1.42. The first-order valence-electron chi connectivity index (χ1n) is 4.81. The number of hydrogen-bond acceptors (Lipinski definition) is 2. The highest BCUT2D eigenvalue weighted by Crippen LogP contribution is 2.16. The number of nitrogens with zero attached hydrogens (tertiary/aromatic N) is 3. The molecule has 0 spiro atoms.